The van der Waals surface area contributed by atoms with Gasteiger partial charge in [0.15, 0.2) is 0 Å². The lowest BCUT2D eigenvalue weighted by molar-refractivity contribution is 0.0854. The molecule has 6 aromatic rings. The number of fused-ring (bicyclic) bond motifs is 3. The number of anilines is 4. The van der Waals surface area contributed by atoms with Crippen molar-refractivity contribution in [3.05, 3.63) is 114 Å². The molecule has 2 aliphatic rings. The second kappa shape index (κ2) is 12.1. The number of ether oxygens (including phenoxy) is 1. The average Bonchev–Trinajstić information content (AvgIpc) is 3.56. The molecule has 1 aromatic heterocycles. The van der Waals surface area contributed by atoms with E-state index in [4.69, 9.17) is 9.15 Å². The molecule has 2 aliphatic carbocycles. The van der Waals surface area contributed by atoms with Gasteiger partial charge < -0.3 is 15.4 Å². The van der Waals surface area contributed by atoms with Crippen LogP contribution in [0.4, 0.5) is 22.7 Å². The molecule has 8 rings (SSSR count). The van der Waals surface area contributed by atoms with Crippen LogP contribution in [0.5, 0.6) is 5.75 Å². The van der Waals surface area contributed by atoms with Crippen molar-refractivity contribution in [3.63, 3.8) is 0 Å². The third kappa shape index (κ3) is 5.80. The van der Waals surface area contributed by atoms with Gasteiger partial charge in [-0.25, -0.2) is 4.42 Å². The zero-order chi connectivity index (χ0) is 35.7. The third-order valence-corrected chi connectivity index (χ3v) is 12.3. The minimum atomic E-state index is -4.30. The van der Waals surface area contributed by atoms with Crippen LogP contribution in [-0.2, 0) is 10.1 Å². The van der Waals surface area contributed by atoms with E-state index in [0.29, 0.717) is 28.7 Å². The van der Waals surface area contributed by atoms with Gasteiger partial charge in [-0.15, -0.1) is 0 Å². The minimum Gasteiger partial charge on any atom is -0.486 e. The maximum absolute atomic E-state index is 11.7. The molecular formula is C43H43N2O5S+. The van der Waals surface area contributed by atoms with Gasteiger partial charge in [-0.05, 0) is 98.3 Å². The average molecular weight is 700 g/mol. The first-order chi connectivity index (χ1) is 24.3. The first kappa shape index (κ1) is 33.2. The van der Waals surface area contributed by atoms with E-state index in [-0.39, 0.29) is 15.9 Å². The number of hydrogen-bond donors (Lipinski definition) is 3. The second-order valence-electron chi connectivity index (χ2n) is 15.1. The quantitative estimate of drug-likeness (QED) is 0.0826. The van der Waals surface area contributed by atoms with Gasteiger partial charge in [0, 0.05) is 45.2 Å². The fraction of sp³-hybridized carbons (Fsp3) is 0.279. The van der Waals surface area contributed by atoms with Crippen LogP contribution in [0.3, 0.4) is 0 Å². The molecular weight excluding hydrogens is 657 g/mol. The molecule has 3 N–H and O–H groups in total. The summed E-state index contributed by atoms with van der Waals surface area (Å²) in [6.45, 7) is 11.0. The molecule has 0 saturated heterocycles. The zero-order valence-electron chi connectivity index (χ0n) is 29.6. The lowest BCUT2D eigenvalue weighted by atomic mass is 9.88. The van der Waals surface area contributed by atoms with Gasteiger partial charge in [-0.3, -0.25) is 4.55 Å². The standard InChI is InChI=1S/C43H42N2O5S/c1-26-14-21-40-42(4,5)43(40,25-26)50-37-13-9-7-11-32(37)41-33-18-15-29(44-35-12-8-6-10-27(35)2)23-38(33)49-39-24-30(16-19-34(39)41)45-36-20-17-31(22-28(36)3)51(46,47)48/h6-13,15-20,22-24,26,40,44-45H,14,21,25H2,1-5H3/p+1. The van der Waals surface area contributed by atoms with Gasteiger partial charge in [0.1, 0.15) is 11.4 Å². The number of aryl methyl sites for hydroxylation is 2. The van der Waals surface area contributed by atoms with E-state index in [0.717, 1.165) is 62.3 Å². The predicted molar refractivity (Wildman–Crippen MR) is 206 cm³/mol. The summed E-state index contributed by atoms with van der Waals surface area (Å²) in [4.78, 5) is -0.144. The van der Waals surface area contributed by atoms with Gasteiger partial charge in [-0.1, -0.05) is 63.6 Å². The van der Waals surface area contributed by atoms with Crippen LogP contribution in [0.2, 0.25) is 0 Å². The number of hydrogen-bond acceptors (Lipinski definition) is 5. The van der Waals surface area contributed by atoms with Crippen molar-refractivity contribution < 1.29 is 22.1 Å². The molecule has 51 heavy (non-hydrogen) atoms. The Hall–Kier alpha value is -4.92. The first-order valence-electron chi connectivity index (χ1n) is 17.6. The maximum Gasteiger partial charge on any atom is 0.363 e. The molecule has 5 aromatic carbocycles. The Kier molecular flexibility index (Phi) is 7.89. The Balaban J connectivity index is 1.27. The maximum atomic E-state index is 11.7. The highest BCUT2D eigenvalue weighted by atomic mass is 32.2. The summed E-state index contributed by atoms with van der Waals surface area (Å²) < 4.78 is 46.9. The zero-order valence-corrected chi connectivity index (χ0v) is 30.4. The fourth-order valence-electron chi connectivity index (χ4n) is 8.49. The summed E-state index contributed by atoms with van der Waals surface area (Å²) in [5.74, 6) is 2.03. The Morgan fingerprint density at radius 2 is 1.39 bits per heavy atom. The smallest absolute Gasteiger partial charge is 0.363 e. The van der Waals surface area contributed by atoms with Crippen molar-refractivity contribution in [1.29, 1.82) is 0 Å². The van der Waals surface area contributed by atoms with Crippen LogP contribution in [0.25, 0.3) is 33.1 Å². The van der Waals surface area contributed by atoms with E-state index in [9.17, 15) is 13.0 Å². The molecule has 8 heteroatoms. The molecule has 7 nitrogen and oxygen atoms in total. The van der Waals surface area contributed by atoms with Gasteiger partial charge in [0.05, 0.1) is 27.8 Å². The monoisotopic (exact) mass is 699 g/mol. The molecule has 260 valence electrons. The van der Waals surface area contributed by atoms with Gasteiger partial charge in [0.2, 0.25) is 0 Å². The van der Waals surface area contributed by atoms with Crippen molar-refractivity contribution >= 4 is 54.8 Å². The highest BCUT2D eigenvalue weighted by Gasteiger charge is 2.74. The van der Waals surface area contributed by atoms with Crippen molar-refractivity contribution in [3.8, 4) is 16.9 Å². The number of para-hydroxylation sites is 2. The lowest BCUT2D eigenvalue weighted by Gasteiger charge is -2.30. The molecule has 0 radical (unpaired) electrons. The highest BCUT2D eigenvalue weighted by Crippen LogP contribution is 2.71. The number of rotatable bonds is 8. The Morgan fingerprint density at radius 3 is 2.04 bits per heavy atom. The summed E-state index contributed by atoms with van der Waals surface area (Å²) in [6.07, 6.45) is 3.49. The SMILES string of the molecule is Cc1ccccc1Nc1ccc2c(-c3ccccc3OC34CC(C)CCC3C4(C)C)c3ccc(Nc4ccc(S(=O)(=O)O)cc4C)cc3[o+]c2c1. The normalized spacial score (nSPS) is 20.9. The molecule has 3 atom stereocenters. The molecule has 0 spiro atoms. The molecule has 2 saturated carbocycles. The van der Waals surface area contributed by atoms with E-state index < -0.39 is 10.1 Å². The van der Waals surface area contributed by atoms with E-state index in [1.165, 1.54) is 25.0 Å². The van der Waals surface area contributed by atoms with Crippen molar-refractivity contribution in [2.24, 2.45) is 17.3 Å². The van der Waals surface area contributed by atoms with Crippen LogP contribution >= 0.6 is 0 Å². The summed E-state index contributed by atoms with van der Waals surface area (Å²) in [5, 5.41) is 8.91. The first-order valence-corrected chi connectivity index (χ1v) is 19.1. The summed E-state index contributed by atoms with van der Waals surface area (Å²) in [7, 11) is -4.30. The number of benzene rings is 5. The van der Waals surface area contributed by atoms with E-state index >= 15 is 0 Å². The second-order valence-corrected chi connectivity index (χ2v) is 16.5. The predicted octanol–water partition coefficient (Wildman–Crippen LogP) is 11.5. The third-order valence-electron chi connectivity index (χ3n) is 11.4. The molecule has 0 bridgehead atoms. The molecule has 2 fully saturated rings. The summed E-state index contributed by atoms with van der Waals surface area (Å²) in [5.41, 5.74) is 8.66. The fourth-order valence-corrected chi connectivity index (χ4v) is 9.06. The van der Waals surface area contributed by atoms with Gasteiger partial charge in [-0.2, -0.15) is 8.42 Å². The highest BCUT2D eigenvalue weighted by molar-refractivity contribution is 7.85. The van der Waals surface area contributed by atoms with E-state index in [2.05, 4.69) is 92.9 Å². The topological polar surface area (TPSA) is 99.0 Å². The Bertz CT molecular complexity index is 2460. The lowest BCUT2D eigenvalue weighted by Crippen LogP contribution is -2.31. The van der Waals surface area contributed by atoms with E-state index in [1.807, 2.05) is 30.3 Å². The van der Waals surface area contributed by atoms with Gasteiger partial charge in [0.25, 0.3) is 10.1 Å². The molecule has 3 unspecified atom stereocenters. The van der Waals surface area contributed by atoms with Crippen LogP contribution < -0.4 is 15.4 Å². The summed E-state index contributed by atoms with van der Waals surface area (Å²) >= 11 is 0. The van der Waals surface area contributed by atoms with Crippen LogP contribution in [0, 0.1) is 31.1 Å². The molecule has 0 aliphatic heterocycles. The van der Waals surface area contributed by atoms with Gasteiger partial charge >= 0.3 is 11.2 Å². The molecule has 1 heterocycles. The van der Waals surface area contributed by atoms with Crippen molar-refractivity contribution in [2.45, 2.75) is 64.4 Å². The van der Waals surface area contributed by atoms with Crippen molar-refractivity contribution in [2.75, 3.05) is 10.6 Å². The van der Waals surface area contributed by atoms with E-state index in [1.54, 1.807) is 13.0 Å². The Morgan fingerprint density at radius 1 is 0.765 bits per heavy atom. The van der Waals surface area contributed by atoms with Crippen LogP contribution in [-0.4, -0.2) is 18.6 Å². The van der Waals surface area contributed by atoms with Crippen molar-refractivity contribution in [1.82, 2.24) is 0 Å². The summed E-state index contributed by atoms with van der Waals surface area (Å²) in [6, 6.07) is 33.4. The Labute approximate surface area is 299 Å². The van der Waals surface area contributed by atoms with Crippen LogP contribution in [0.15, 0.2) is 112 Å². The largest absolute Gasteiger partial charge is 0.486 e. The number of nitrogens with one attached hydrogen (secondary N) is 2. The van der Waals surface area contributed by atoms with Crippen LogP contribution in [0.1, 0.15) is 51.2 Å². The minimum absolute atomic E-state index is 0.107. The molecule has 0 amide bonds.